The third kappa shape index (κ3) is 4.36. The third-order valence-electron chi connectivity index (χ3n) is 7.22. The summed E-state index contributed by atoms with van der Waals surface area (Å²) in [5, 5.41) is 1.29. The molecule has 0 radical (unpaired) electrons. The van der Waals surface area contributed by atoms with Crippen LogP contribution in [0.25, 0.3) is 52.1 Å². The van der Waals surface area contributed by atoms with E-state index in [-0.39, 0.29) is 17.6 Å². The Morgan fingerprint density at radius 3 is 2.64 bits per heavy atom. The van der Waals surface area contributed by atoms with Gasteiger partial charge in [-0.1, -0.05) is 60.7 Å². The average Bonchev–Trinajstić information content (AvgIpc) is 3.85. The molecule has 44 heavy (non-hydrogen) atoms. The molecule has 216 valence electrons. The lowest BCUT2D eigenvalue weighted by atomic mass is 10.2. The number of thioether (sulfide) groups is 1. The van der Waals surface area contributed by atoms with Crippen molar-refractivity contribution in [2.45, 2.75) is 13.5 Å². The molecule has 0 N–H and O–H groups in total. The molecule has 2 aromatic carbocycles. The van der Waals surface area contributed by atoms with Crippen LogP contribution in [0, 0.1) is 0 Å². The highest BCUT2D eigenvalue weighted by Crippen LogP contribution is 2.47. The number of hydrogen-bond donors (Lipinski definition) is 0. The highest BCUT2D eigenvalue weighted by atomic mass is 32.2. The maximum Gasteiger partial charge on any atom is 0.419 e. The Balaban J connectivity index is 1.25. The molecule has 0 saturated carbocycles. The van der Waals surface area contributed by atoms with E-state index in [1.54, 1.807) is 33.4 Å². The van der Waals surface area contributed by atoms with E-state index in [4.69, 9.17) is 21.9 Å². The van der Waals surface area contributed by atoms with E-state index >= 15 is 0 Å². The van der Waals surface area contributed by atoms with E-state index < -0.39 is 6.09 Å². The molecule has 6 heterocycles. The SMILES string of the molecule is CCN1C(=O)C(=Nc2cnc(-c3cc4c(s3)c3sc5ccccc5c3n4C(=O)OCc3ccccc3)c3nsnc23)SC1=S. The smallest absolute Gasteiger partial charge is 0.419 e. The van der Waals surface area contributed by atoms with Gasteiger partial charge in [0.2, 0.25) is 0 Å². The van der Waals surface area contributed by atoms with Crippen molar-refractivity contribution in [3.8, 4) is 10.6 Å². The zero-order valence-corrected chi connectivity index (χ0v) is 26.8. The summed E-state index contributed by atoms with van der Waals surface area (Å²) < 4.78 is 20.1. The second-order valence-corrected chi connectivity index (χ2v) is 14.0. The van der Waals surface area contributed by atoms with Gasteiger partial charge in [0.05, 0.1) is 43.2 Å². The molecule has 1 amide bonds. The van der Waals surface area contributed by atoms with Gasteiger partial charge in [-0.25, -0.2) is 14.4 Å². The van der Waals surface area contributed by atoms with Gasteiger partial charge in [0.25, 0.3) is 5.91 Å². The molecule has 14 heteroatoms. The normalized spacial score (nSPS) is 14.8. The van der Waals surface area contributed by atoms with Gasteiger partial charge in [0.15, 0.2) is 5.04 Å². The summed E-state index contributed by atoms with van der Waals surface area (Å²) in [5.41, 5.74) is 4.72. The Hall–Kier alpha value is -4.08. The minimum Gasteiger partial charge on any atom is -0.444 e. The van der Waals surface area contributed by atoms with Gasteiger partial charge < -0.3 is 4.74 Å². The van der Waals surface area contributed by atoms with E-state index in [1.807, 2.05) is 61.5 Å². The van der Waals surface area contributed by atoms with Crippen molar-refractivity contribution in [3.05, 3.63) is 72.4 Å². The molecule has 0 bridgehead atoms. The van der Waals surface area contributed by atoms with Crippen LogP contribution in [-0.4, -0.2) is 51.1 Å². The topological polar surface area (TPSA) is 103 Å². The number of fused-ring (bicyclic) bond motifs is 6. The molecular formula is C30H18N6O3S5. The van der Waals surface area contributed by atoms with Crippen LogP contribution in [-0.2, 0) is 16.1 Å². The van der Waals surface area contributed by atoms with Crippen LogP contribution >= 0.6 is 58.4 Å². The number of carbonyl (C=O) groups excluding carboxylic acids is 2. The van der Waals surface area contributed by atoms with Crippen LogP contribution in [0.15, 0.2) is 71.9 Å². The van der Waals surface area contributed by atoms with E-state index in [9.17, 15) is 9.59 Å². The number of aliphatic imine (C=N–C) groups is 1. The minimum absolute atomic E-state index is 0.165. The summed E-state index contributed by atoms with van der Waals surface area (Å²) in [4.78, 5) is 38.2. The largest absolute Gasteiger partial charge is 0.444 e. The minimum atomic E-state index is -0.445. The summed E-state index contributed by atoms with van der Waals surface area (Å²) in [5.74, 6) is -0.226. The molecule has 0 atom stereocenters. The number of ether oxygens (including phenoxy) is 1. The number of thiophene rings is 2. The molecule has 1 aliphatic rings. The van der Waals surface area contributed by atoms with E-state index in [0.717, 1.165) is 52.7 Å². The van der Waals surface area contributed by atoms with Crippen LogP contribution in [0.1, 0.15) is 12.5 Å². The predicted molar refractivity (Wildman–Crippen MR) is 184 cm³/mol. The molecule has 1 saturated heterocycles. The lowest BCUT2D eigenvalue weighted by Crippen LogP contribution is -2.29. The standard InChI is InChI=1S/C30H18N6O3S5/c1-2-35-28(37)27(43-30(35)40)32-17-13-31-22(23-21(17)33-44-34-23)20-12-18-25(42-20)26-24(16-10-6-7-11-19(16)41-26)36(18)29(38)39-14-15-8-4-3-5-9-15/h3-13H,2,14H2,1H3. The van der Waals surface area contributed by atoms with Crippen LogP contribution in [0.2, 0.25) is 0 Å². The quantitative estimate of drug-likeness (QED) is 0.169. The Labute approximate surface area is 271 Å². The molecule has 5 aromatic heterocycles. The van der Waals surface area contributed by atoms with Crippen LogP contribution in [0.3, 0.4) is 0 Å². The van der Waals surface area contributed by atoms with E-state index in [2.05, 4.69) is 19.8 Å². The van der Waals surface area contributed by atoms with Crippen molar-refractivity contribution < 1.29 is 14.3 Å². The van der Waals surface area contributed by atoms with Crippen LogP contribution < -0.4 is 0 Å². The van der Waals surface area contributed by atoms with Gasteiger partial charge >= 0.3 is 6.09 Å². The van der Waals surface area contributed by atoms with Crippen molar-refractivity contribution in [2.75, 3.05) is 6.54 Å². The molecule has 0 spiro atoms. The Bertz CT molecular complexity index is 2330. The number of aromatic nitrogens is 4. The fourth-order valence-electron chi connectivity index (χ4n) is 5.18. The number of benzene rings is 2. The highest BCUT2D eigenvalue weighted by Gasteiger charge is 2.33. The molecule has 8 rings (SSSR count). The molecular weight excluding hydrogens is 653 g/mol. The number of nitrogens with zero attached hydrogens (tertiary/aromatic N) is 6. The zero-order chi connectivity index (χ0) is 29.9. The first kappa shape index (κ1) is 27.5. The molecule has 1 aliphatic heterocycles. The number of amides is 1. The number of hydrogen-bond acceptors (Lipinski definition) is 12. The van der Waals surface area contributed by atoms with E-state index in [0.29, 0.717) is 33.3 Å². The monoisotopic (exact) mass is 670 g/mol. The van der Waals surface area contributed by atoms with Gasteiger partial charge in [-0.3, -0.25) is 14.7 Å². The van der Waals surface area contributed by atoms with Gasteiger partial charge in [-0.05, 0) is 36.4 Å². The first-order chi connectivity index (χ1) is 21.5. The van der Waals surface area contributed by atoms with Gasteiger partial charge in [-0.2, -0.15) is 8.75 Å². The first-order valence-electron chi connectivity index (χ1n) is 13.4. The first-order valence-corrected chi connectivity index (χ1v) is 17.0. The van der Waals surface area contributed by atoms with Crippen LogP contribution in [0.4, 0.5) is 10.5 Å². The fraction of sp³-hybridized carbons (Fsp3) is 0.100. The summed E-state index contributed by atoms with van der Waals surface area (Å²) in [6.45, 7) is 2.52. The highest BCUT2D eigenvalue weighted by molar-refractivity contribution is 8.35. The second-order valence-electron chi connectivity index (χ2n) is 9.76. The lowest BCUT2D eigenvalue weighted by Gasteiger charge is -2.09. The Morgan fingerprint density at radius 2 is 1.82 bits per heavy atom. The van der Waals surface area contributed by atoms with Crippen LogP contribution in [0.5, 0.6) is 0 Å². The fourth-order valence-corrected chi connectivity index (χ4v) is 9.49. The van der Waals surface area contributed by atoms with Gasteiger partial charge in [0.1, 0.15) is 33.3 Å². The molecule has 0 unspecified atom stereocenters. The van der Waals surface area contributed by atoms with Crippen molar-refractivity contribution >= 4 is 127 Å². The van der Waals surface area contributed by atoms with Crippen molar-refractivity contribution in [1.29, 1.82) is 0 Å². The average molecular weight is 671 g/mol. The maximum absolute atomic E-state index is 13.7. The van der Waals surface area contributed by atoms with Gasteiger partial charge in [0, 0.05) is 16.6 Å². The predicted octanol–water partition coefficient (Wildman–Crippen LogP) is 8.23. The summed E-state index contributed by atoms with van der Waals surface area (Å²) in [6.07, 6.45) is 1.17. The number of rotatable bonds is 5. The van der Waals surface area contributed by atoms with Crippen molar-refractivity contribution in [3.63, 3.8) is 0 Å². The second kappa shape index (κ2) is 10.8. The van der Waals surface area contributed by atoms with Crippen molar-refractivity contribution in [1.82, 2.24) is 23.2 Å². The molecule has 7 aromatic rings. The van der Waals surface area contributed by atoms with E-state index in [1.165, 1.54) is 16.7 Å². The number of thiocarbonyl (C=S) groups is 1. The summed E-state index contributed by atoms with van der Waals surface area (Å²) >= 11 is 10.8. The number of carbonyl (C=O) groups is 2. The molecule has 1 fully saturated rings. The maximum atomic E-state index is 13.7. The lowest BCUT2D eigenvalue weighted by molar-refractivity contribution is -0.119. The summed E-state index contributed by atoms with van der Waals surface area (Å²) in [7, 11) is 0. The van der Waals surface area contributed by atoms with Crippen molar-refractivity contribution in [2.24, 2.45) is 4.99 Å². The Morgan fingerprint density at radius 1 is 1.02 bits per heavy atom. The number of pyridine rings is 1. The molecule has 9 nitrogen and oxygen atoms in total. The van der Waals surface area contributed by atoms with Gasteiger partial charge in [-0.15, -0.1) is 22.7 Å². The zero-order valence-electron chi connectivity index (χ0n) is 22.7. The third-order valence-corrected chi connectivity index (χ3v) is 11.5. The Kier molecular flexibility index (Phi) is 6.75. The molecule has 0 aliphatic carbocycles. The summed E-state index contributed by atoms with van der Waals surface area (Å²) in [6, 6.07) is 19.7.